The summed E-state index contributed by atoms with van der Waals surface area (Å²) < 4.78 is 40.1. The number of amides is 1. The largest absolute Gasteiger partial charge is 0.477 e. The maximum atomic E-state index is 13.0. The van der Waals surface area contributed by atoms with Crippen LogP contribution >= 0.6 is 0 Å². The van der Waals surface area contributed by atoms with Crippen LogP contribution in [0.2, 0.25) is 0 Å². The minimum Gasteiger partial charge on any atom is -0.477 e. The molecule has 3 aromatic rings. The molecule has 0 bridgehead atoms. The summed E-state index contributed by atoms with van der Waals surface area (Å²) in [6.45, 7) is 4.89. The Kier molecular flexibility index (Phi) is 7.94. The van der Waals surface area contributed by atoms with Gasteiger partial charge in [-0.05, 0) is 49.9 Å². The van der Waals surface area contributed by atoms with E-state index in [2.05, 4.69) is 19.6 Å². The molecule has 10 nitrogen and oxygen atoms in total. The van der Waals surface area contributed by atoms with Gasteiger partial charge in [-0.15, -0.1) is 0 Å². The predicted molar refractivity (Wildman–Crippen MR) is 141 cm³/mol. The fourth-order valence-corrected chi connectivity index (χ4v) is 6.34. The molecule has 1 saturated heterocycles. The minimum absolute atomic E-state index is 0.0815. The smallest absolute Gasteiger partial charge is 0.269 e. The molecular formula is C26H35N5O5S. The number of morpholine rings is 1. The summed E-state index contributed by atoms with van der Waals surface area (Å²) in [5, 5.41) is 1.32. The van der Waals surface area contributed by atoms with E-state index < -0.39 is 15.9 Å². The van der Waals surface area contributed by atoms with Gasteiger partial charge < -0.3 is 20.2 Å². The van der Waals surface area contributed by atoms with E-state index in [1.807, 2.05) is 0 Å². The van der Waals surface area contributed by atoms with Gasteiger partial charge in [0.25, 0.3) is 5.91 Å². The van der Waals surface area contributed by atoms with Crippen LogP contribution in [0.5, 0.6) is 5.88 Å². The van der Waals surface area contributed by atoms with Gasteiger partial charge in [0.1, 0.15) is 0 Å². The number of carbonyl (C=O) groups excluding carboxylic acids is 1. The summed E-state index contributed by atoms with van der Waals surface area (Å²) in [7, 11) is -3.71. The monoisotopic (exact) mass is 529 g/mol. The summed E-state index contributed by atoms with van der Waals surface area (Å²) in [6, 6.07) is 6.63. The van der Waals surface area contributed by atoms with Crippen LogP contribution < -0.4 is 15.2 Å². The number of fused-ring (bicyclic) bond motifs is 3. The van der Waals surface area contributed by atoms with E-state index in [-0.39, 0.29) is 10.6 Å². The average Bonchev–Trinajstić information content (AvgIpc) is 3.28. The number of sulfonamides is 1. The molecule has 200 valence electrons. The number of hydrogen-bond donors (Lipinski definition) is 3. The lowest BCUT2D eigenvalue weighted by Crippen LogP contribution is -2.38. The van der Waals surface area contributed by atoms with Crippen molar-refractivity contribution in [2.75, 3.05) is 46.0 Å². The van der Waals surface area contributed by atoms with Crippen LogP contribution in [0.15, 0.2) is 29.2 Å². The Labute approximate surface area is 216 Å². The van der Waals surface area contributed by atoms with E-state index in [0.29, 0.717) is 53.2 Å². The number of nitrogens with two attached hydrogens (primary N) is 1. The van der Waals surface area contributed by atoms with Crippen molar-refractivity contribution in [3.8, 4) is 5.88 Å². The molecule has 4 N–H and O–H groups in total. The summed E-state index contributed by atoms with van der Waals surface area (Å²) >= 11 is 0. The second kappa shape index (κ2) is 11.3. The molecule has 2 aliphatic rings. The fraction of sp³-hybridized carbons (Fsp3) is 0.538. The molecule has 1 aliphatic heterocycles. The van der Waals surface area contributed by atoms with Crippen LogP contribution in [0.3, 0.4) is 0 Å². The predicted octanol–water partition coefficient (Wildman–Crippen LogP) is 2.77. The average molecular weight is 530 g/mol. The molecule has 0 atom stereocenters. The van der Waals surface area contributed by atoms with Gasteiger partial charge in [-0.25, -0.2) is 18.1 Å². The first-order valence-electron chi connectivity index (χ1n) is 13.1. The van der Waals surface area contributed by atoms with Crippen LogP contribution in [0.1, 0.15) is 49.0 Å². The molecule has 1 aliphatic carbocycles. The summed E-state index contributed by atoms with van der Waals surface area (Å²) in [6.07, 6.45) is 6.62. The van der Waals surface area contributed by atoms with Gasteiger partial charge in [0.15, 0.2) is 5.69 Å². The van der Waals surface area contributed by atoms with Gasteiger partial charge in [-0.2, -0.15) is 0 Å². The Morgan fingerprint density at radius 1 is 1.16 bits per heavy atom. The maximum absolute atomic E-state index is 13.0. The normalized spacial score (nSPS) is 17.9. The molecule has 0 radical (unpaired) electrons. The van der Waals surface area contributed by atoms with Crippen molar-refractivity contribution in [1.82, 2.24) is 19.6 Å². The molecule has 11 heteroatoms. The SMILES string of the molecule is NC(=O)c1nc(OCC2CCCCC2)cc2c1[nH]c1ccc(S(=O)(=O)NCCCN3CCOCC3)cc12. The van der Waals surface area contributed by atoms with E-state index >= 15 is 0 Å². The topological polar surface area (TPSA) is 140 Å². The number of hydrogen-bond acceptors (Lipinski definition) is 7. The number of ether oxygens (including phenoxy) is 2. The maximum Gasteiger partial charge on any atom is 0.269 e. The van der Waals surface area contributed by atoms with Gasteiger partial charge >= 0.3 is 0 Å². The van der Waals surface area contributed by atoms with Crippen molar-refractivity contribution in [2.45, 2.75) is 43.4 Å². The van der Waals surface area contributed by atoms with Gasteiger partial charge in [-0.3, -0.25) is 9.69 Å². The van der Waals surface area contributed by atoms with Crippen LogP contribution in [0, 0.1) is 5.92 Å². The fourth-order valence-electron chi connectivity index (χ4n) is 5.24. The van der Waals surface area contributed by atoms with Gasteiger partial charge in [0, 0.05) is 42.0 Å². The first-order chi connectivity index (χ1) is 17.9. The number of rotatable bonds is 10. The third-order valence-corrected chi connectivity index (χ3v) is 8.78. The number of nitrogens with zero attached hydrogens (tertiary/aromatic N) is 2. The van der Waals surface area contributed by atoms with Gasteiger partial charge in [0.2, 0.25) is 15.9 Å². The van der Waals surface area contributed by atoms with Crippen LogP contribution in [0.4, 0.5) is 0 Å². The lowest BCUT2D eigenvalue weighted by Gasteiger charge is -2.26. The number of pyridine rings is 1. The first-order valence-corrected chi connectivity index (χ1v) is 14.6. The molecule has 3 heterocycles. The van der Waals surface area contributed by atoms with Crippen molar-refractivity contribution >= 4 is 37.7 Å². The standard InChI is InChI=1S/C26H35N5O5S/c27-26(32)25-24-21(16-23(30-25)36-17-18-5-2-1-3-6-18)20-15-19(7-8-22(20)29-24)37(33,34)28-9-4-10-31-11-13-35-14-12-31/h7-8,15-16,18,28-29H,1-6,9-14,17H2,(H2,27,32). The lowest BCUT2D eigenvalue weighted by molar-refractivity contribution is 0.0376. The number of aromatic amines is 1. The van der Waals surface area contributed by atoms with Crippen molar-refractivity contribution in [2.24, 2.45) is 11.7 Å². The highest BCUT2D eigenvalue weighted by Gasteiger charge is 2.21. The summed E-state index contributed by atoms with van der Waals surface area (Å²) in [5.41, 5.74) is 6.88. The molecule has 5 rings (SSSR count). The van der Waals surface area contributed by atoms with Crippen molar-refractivity contribution in [1.29, 1.82) is 0 Å². The molecule has 2 fully saturated rings. The zero-order valence-electron chi connectivity index (χ0n) is 21.0. The molecule has 37 heavy (non-hydrogen) atoms. The van der Waals surface area contributed by atoms with Crippen molar-refractivity contribution in [3.05, 3.63) is 30.0 Å². The molecule has 0 unspecified atom stereocenters. The molecule has 1 saturated carbocycles. The highest BCUT2D eigenvalue weighted by Crippen LogP contribution is 2.32. The van der Waals surface area contributed by atoms with Crippen molar-refractivity contribution < 1.29 is 22.7 Å². The Morgan fingerprint density at radius 3 is 2.70 bits per heavy atom. The first kappa shape index (κ1) is 25.9. The number of aromatic nitrogens is 2. The zero-order valence-corrected chi connectivity index (χ0v) is 21.8. The van der Waals surface area contributed by atoms with Crippen LogP contribution in [0.25, 0.3) is 21.8 Å². The second-order valence-electron chi connectivity index (χ2n) is 9.95. The van der Waals surface area contributed by atoms with Crippen LogP contribution in [-0.4, -0.2) is 75.2 Å². The molecule has 2 aromatic heterocycles. The van der Waals surface area contributed by atoms with E-state index in [0.717, 1.165) is 45.7 Å². The number of H-pyrrole nitrogens is 1. The molecule has 0 spiro atoms. The Hall–Kier alpha value is -2.73. The zero-order chi connectivity index (χ0) is 25.8. The number of benzene rings is 1. The van der Waals surface area contributed by atoms with Gasteiger partial charge in [0.05, 0.1) is 30.2 Å². The second-order valence-corrected chi connectivity index (χ2v) is 11.7. The van der Waals surface area contributed by atoms with Crippen molar-refractivity contribution in [3.63, 3.8) is 0 Å². The molecule has 1 amide bonds. The summed E-state index contributed by atoms with van der Waals surface area (Å²) in [5.74, 6) is 0.119. The number of nitrogens with one attached hydrogen (secondary N) is 2. The number of primary amides is 1. The Bertz CT molecular complexity index is 1360. The molecule has 1 aromatic carbocycles. The van der Waals surface area contributed by atoms with E-state index in [4.69, 9.17) is 15.2 Å². The third-order valence-electron chi connectivity index (χ3n) is 7.32. The number of carbonyl (C=O) groups is 1. The summed E-state index contributed by atoms with van der Waals surface area (Å²) in [4.78, 5) is 22.2. The van der Waals surface area contributed by atoms with E-state index in [9.17, 15) is 13.2 Å². The Balaban J connectivity index is 1.36. The third kappa shape index (κ3) is 6.06. The minimum atomic E-state index is -3.71. The highest BCUT2D eigenvalue weighted by molar-refractivity contribution is 7.89. The quantitative estimate of drug-likeness (QED) is 0.343. The van der Waals surface area contributed by atoms with E-state index in [1.165, 1.54) is 19.3 Å². The Morgan fingerprint density at radius 2 is 1.95 bits per heavy atom. The molecular weight excluding hydrogens is 494 g/mol. The highest BCUT2D eigenvalue weighted by atomic mass is 32.2. The van der Waals surface area contributed by atoms with Gasteiger partial charge in [-0.1, -0.05) is 19.3 Å². The van der Waals surface area contributed by atoms with E-state index in [1.54, 1.807) is 24.3 Å². The lowest BCUT2D eigenvalue weighted by atomic mass is 9.90. The van der Waals surface area contributed by atoms with Crippen LogP contribution in [-0.2, 0) is 14.8 Å².